The van der Waals surface area contributed by atoms with Crippen molar-refractivity contribution in [2.75, 3.05) is 0 Å². The van der Waals surface area contributed by atoms with Gasteiger partial charge in [-0.1, -0.05) is 0 Å². The van der Waals surface area contributed by atoms with Crippen LogP contribution in [0.2, 0.25) is 0 Å². The predicted octanol–water partition coefficient (Wildman–Crippen LogP) is -1.15. The number of pyridine rings is 1. The van der Waals surface area contributed by atoms with Gasteiger partial charge in [0, 0.05) is 27.1 Å². The summed E-state index contributed by atoms with van der Waals surface area (Å²) in [4.78, 5) is 48.9. The Hall–Kier alpha value is -2.64. The zero-order valence-corrected chi connectivity index (χ0v) is 10.5. The molecule has 0 amide bonds. The molecule has 0 saturated heterocycles. The van der Waals surface area contributed by atoms with Crippen molar-refractivity contribution < 1.29 is 9.53 Å². The quantitative estimate of drug-likeness (QED) is 0.656. The summed E-state index contributed by atoms with van der Waals surface area (Å²) in [7, 11) is 2.68. The van der Waals surface area contributed by atoms with E-state index in [2.05, 4.69) is 4.98 Å². The minimum absolute atomic E-state index is 0.0110. The molecule has 0 unspecified atom stereocenters. The molecule has 0 atom stereocenters. The maximum Gasteiger partial charge on any atom is 0.332 e. The molecule has 0 aromatic carbocycles. The van der Waals surface area contributed by atoms with Gasteiger partial charge in [-0.2, -0.15) is 0 Å². The Labute approximate surface area is 105 Å². The largest absolute Gasteiger partial charge is 0.410 e. The van der Waals surface area contributed by atoms with Gasteiger partial charge in [0.1, 0.15) is 11.0 Å². The Balaban J connectivity index is 2.98. The number of aromatic nitrogens is 3. The summed E-state index contributed by atoms with van der Waals surface area (Å²) in [6.07, 6.45) is 0. The highest BCUT2D eigenvalue weighted by Crippen LogP contribution is 2.07. The molecule has 8 nitrogen and oxygen atoms in total. The van der Waals surface area contributed by atoms with E-state index in [1.54, 1.807) is 0 Å². The van der Waals surface area contributed by atoms with Crippen LogP contribution in [0.1, 0.15) is 6.92 Å². The van der Waals surface area contributed by atoms with Crippen LogP contribution < -0.4 is 21.4 Å². The monoisotopic (exact) mass is 265 g/mol. The summed E-state index contributed by atoms with van der Waals surface area (Å²) in [5, 5.41) is -0.166. The Morgan fingerprint density at radius 2 is 1.84 bits per heavy atom. The molecule has 0 aliphatic heterocycles. The van der Waals surface area contributed by atoms with Crippen molar-refractivity contribution in [2.24, 2.45) is 14.1 Å². The van der Waals surface area contributed by atoms with Crippen LogP contribution in [0.3, 0.4) is 0 Å². The maximum atomic E-state index is 11.9. The molecule has 1 N–H and O–H groups in total. The first-order chi connectivity index (χ1) is 8.82. The van der Waals surface area contributed by atoms with E-state index in [1.165, 1.54) is 21.0 Å². The standard InChI is InChI=1S/C11H11N3O5/c1-5(15)19-7-4-6(16)8-9(12-7)13(2)11(18)14(3)10(8)17/h4H,1-3H3,(H,12,16). The van der Waals surface area contributed by atoms with E-state index in [4.69, 9.17) is 4.74 Å². The fourth-order valence-electron chi connectivity index (χ4n) is 1.77. The van der Waals surface area contributed by atoms with E-state index < -0.39 is 22.6 Å². The third kappa shape index (κ3) is 1.96. The lowest BCUT2D eigenvalue weighted by atomic mass is 10.3. The van der Waals surface area contributed by atoms with Gasteiger partial charge in [-0.3, -0.25) is 23.5 Å². The average molecular weight is 265 g/mol. The van der Waals surface area contributed by atoms with Crippen LogP contribution in [0.5, 0.6) is 5.88 Å². The molecule has 0 spiro atoms. The molecule has 2 rings (SSSR count). The number of carbonyl (C=O) groups excluding carboxylic acids is 1. The highest BCUT2D eigenvalue weighted by molar-refractivity contribution is 5.75. The fourth-order valence-corrected chi connectivity index (χ4v) is 1.77. The third-order valence-electron chi connectivity index (χ3n) is 2.67. The van der Waals surface area contributed by atoms with Crippen molar-refractivity contribution in [3.63, 3.8) is 0 Å². The second-order valence-corrected chi connectivity index (χ2v) is 4.02. The zero-order valence-electron chi connectivity index (χ0n) is 10.5. The number of carbonyl (C=O) groups is 1. The second kappa shape index (κ2) is 4.23. The first-order valence-electron chi connectivity index (χ1n) is 5.34. The number of aryl methyl sites for hydroxylation is 1. The van der Waals surface area contributed by atoms with Crippen LogP contribution in [-0.4, -0.2) is 20.1 Å². The molecule has 2 aromatic rings. The zero-order chi connectivity index (χ0) is 14.3. The second-order valence-electron chi connectivity index (χ2n) is 4.02. The van der Waals surface area contributed by atoms with E-state index in [0.717, 1.165) is 15.2 Å². The van der Waals surface area contributed by atoms with E-state index >= 15 is 0 Å². The first-order valence-corrected chi connectivity index (χ1v) is 5.34. The molecule has 2 heterocycles. The SMILES string of the molecule is CC(=O)Oc1cc(=O)c2c(=O)n(C)c(=O)n(C)c2[nH]1. The lowest BCUT2D eigenvalue weighted by Gasteiger charge is -2.08. The predicted molar refractivity (Wildman–Crippen MR) is 66.4 cm³/mol. The Morgan fingerprint density at radius 3 is 2.42 bits per heavy atom. The van der Waals surface area contributed by atoms with Gasteiger partial charge in [-0.05, 0) is 0 Å². The van der Waals surface area contributed by atoms with Crippen molar-refractivity contribution in [1.82, 2.24) is 14.1 Å². The fraction of sp³-hybridized carbons (Fsp3) is 0.273. The summed E-state index contributed by atoms with van der Waals surface area (Å²) in [5.41, 5.74) is -1.90. The number of nitrogens with one attached hydrogen (secondary N) is 1. The number of rotatable bonds is 1. The summed E-state index contributed by atoms with van der Waals surface area (Å²) >= 11 is 0. The number of hydrogen-bond acceptors (Lipinski definition) is 5. The molecule has 19 heavy (non-hydrogen) atoms. The van der Waals surface area contributed by atoms with E-state index in [-0.39, 0.29) is 16.9 Å². The topological polar surface area (TPSA) is 103 Å². The van der Waals surface area contributed by atoms with Crippen LogP contribution in [0.15, 0.2) is 20.4 Å². The molecule has 0 radical (unpaired) electrons. The highest BCUT2D eigenvalue weighted by atomic mass is 16.5. The minimum Gasteiger partial charge on any atom is -0.410 e. The van der Waals surface area contributed by atoms with Crippen LogP contribution in [0.4, 0.5) is 0 Å². The van der Waals surface area contributed by atoms with Crippen LogP contribution in [0.25, 0.3) is 11.0 Å². The van der Waals surface area contributed by atoms with Gasteiger partial charge in [0.2, 0.25) is 5.88 Å². The van der Waals surface area contributed by atoms with Crippen molar-refractivity contribution in [3.8, 4) is 5.88 Å². The minimum atomic E-state index is -0.700. The average Bonchev–Trinajstić information content (AvgIpc) is 2.32. The number of hydrogen-bond donors (Lipinski definition) is 1. The third-order valence-corrected chi connectivity index (χ3v) is 2.67. The van der Waals surface area contributed by atoms with Crippen molar-refractivity contribution in [1.29, 1.82) is 0 Å². The van der Waals surface area contributed by atoms with Crippen molar-refractivity contribution >= 4 is 17.0 Å². The Kier molecular flexibility index (Phi) is 2.85. The normalized spacial score (nSPS) is 10.7. The van der Waals surface area contributed by atoms with Crippen molar-refractivity contribution in [3.05, 3.63) is 37.1 Å². The van der Waals surface area contributed by atoms with Gasteiger partial charge < -0.3 is 9.72 Å². The number of aromatic amines is 1. The van der Waals surface area contributed by atoms with Gasteiger partial charge in [-0.15, -0.1) is 0 Å². The smallest absolute Gasteiger partial charge is 0.332 e. The molecule has 0 fully saturated rings. The lowest BCUT2D eigenvalue weighted by Crippen LogP contribution is -2.39. The van der Waals surface area contributed by atoms with Gasteiger partial charge in [0.05, 0.1) is 0 Å². The van der Waals surface area contributed by atoms with Crippen LogP contribution in [0, 0.1) is 0 Å². The molecule has 8 heteroatoms. The number of ether oxygens (including phenoxy) is 1. The number of esters is 1. The molecular formula is C11H11N3O5. The molecule has 0 aliphatic carbocycles. The van der Waals surface area contributed by atoms with E-state index in [9.17, 15) is 19.2 Å². The van der Waals surface area contributed by atoms with E-state index in [1.807, 2.05) is 0 Å². The van der Waals surface area contributed by atoms with Crippen molar-refractivity contribution in [2.45, 2.75) is 6.92 Å². The summed E-state index contributed by atoms with van der Waals surface area (Å²) in [6.45, 7) is 1.17. The lowest BCUT2D eigenvalue weighted by molar-refractivity contribution is -0.132. The summed E-state index contributed by atoms with van der Waals surface area (Å²) in [6, 6.07) is 0.996. The Morgan fingerprint density at radius 1 is 1.21 bits per heavy atom. The Bertz CT molecular complexity index is 855. The molecule has 2 aromatic heterocycles. The van der Waals surface area contributed by atoms with Gasteiger partial charge in [0.15, 0.2) is 5.43 Å². The summed E-state index contributed by atoms with van der Waals surface area (Å²) in [5.74, 6) is -0.739. The van der Waals surface area contributed by atoms with Crippen LogP contribution in [-0.2, 0) is 18.9 Å². The first kappa shape index (κ1) is 12.8. The highest BCUT2D eigenvalue weighted by Gasteiger charge is 2.14. The molecule has 0 bridgehead atoms. The number of H-pyrrole nitrogens is 1. The van der Waals surface area contributed by atoms with Gasteiger partial charge >= 0.3 is 11.7 Å². The molecule has 100 valence electrons. The molecular weight excluding hydrogens is 254 g/mol. The summed E-state index contributed by atoms with van der Waals surface area (Å²) < 4.78 is 6.69. The number of nitrogens with zero attached hydrogens (tertiary/aromatic N) is 2. The van der Waals surface area contributed by atoms with Gasteiger partial charge in [-0.25, -0.2) is 4.79 Å². The molecule has 0 aliphatic rings. The number of fused-ring (bicyclic) bond motifs is 1. The van der Waals surface area contributed by atoms with E-state index in [0.29, 0.717) is 0 Å². The van der Waals surface area contributed by atoms with Gasteiger partial charge in [0.25, 0.3) is 5.56 Å². The maximum absolute atomic E-state index is 11.9. The molecule has 0 saturated carbocycles. The van der Waals surface area contributed by atoms with Crippen LogP contribution >= 0.6 is 0 Å².